The van der Waals surface area contributed by atoms with Crippen LogP contribution in [0.4, 0.5) is 0 Å². The van der Waals surface area contributed by atoms with Gasteiger partial charge in [0.1, 0.15) is 0 Å². The lowest BCUT2D eigenvalue weighted by Crippen LogP contribution is -2.46. The number of hydrogen-bond donors (Lipinski definition) is 3. The van der Waals surface area contributed by atoms with E-state index in [1.807, 2.05) is 0 Å². The third kappa shape index (κ3) is 4.40. The highest BCUT2D eigenvalue weighted by atomic mass is 16.3. The summed E-state index contributed by atoms with van der Waals surface area (Å²) in [6.45, 7) is 2.06. The fraction of sp³-hybridized carbons (Fsp3) is 1.00. The molecular weight excluding hydrogens is 178 g/mol. The molecule has 1 aliphatic rings. The molecule has 1 aliphatic carbocycles. The van der Waals surface area contributed by atoms with Crippen molar-refractivity contribution < 1.29 is 10.2 Å². The summed E-state index contributed by atoms with van der Waals surface area (Å²) in [5.74, 6) is 0. The third-order valence-corrected chi connectivity index (χ3v) is 3.00. The summed E-state index contributed by atoms with van der Waals surface area (Å²) in [6.07, 6.45) is 7.46. The van der Waals surface area contributed by atoms with Crippen LogP contribution in [-0.2, 0) is 0 Å². The molecule has 1 rings (SSSR count). The maximum Gasteiger partial charge on any atom is 0.0771 e. The summed E-state index contributed by atoms with van der Waals surface area (Å²) in [6, 6.07) is 0. The van der Waals surface area contributed by atoms with Gasteiger partial charge in [-0.15, -0.1) is 0 Å². The van der Waals surface area contributed by atoms with Crippen molar-refractivity contribution in [1.82, 2.24) is 5.32 Å². The first-order valence-electron chi connectivity index (χ1n) is 5.81. The number of rotatable bonds is 8. The van der Waals surface area contributed by atoms with Gasteiger partial charge in [-0.25, -0.2) is 0 Å². The number of aliphatic hydroxyl groups excluding tert-OH is 1. The molecule has 0 heterocycles. The molecule has 0 spiro atoms. The predicted octanol–water partition coefficient (Wildman–Crippen LogP) is 1.04. The zero-order valence-corrected chi connectivity index (χ0v) is 8.97. The first-order chi connectivity index (χ1) is 6.77. The molecule has 0 bridgehead atoms. The van der Waals surface area contributed by atoms with Gasteiger partial charge in [0.15, 0.2) is 0 Å². The lowest BCUT2D eigenvalue weighted by Gasteiger charge is -2.36. The lowest BCUT2D eigenvalue weighted by atomic mass is 9.80. The van der Waals surface area contributed by atoms with Crippen molar-refractivity contribution in [3.63, 3.8) is 0 Å². The Kier molecular flexibility index (Phi) is 5.45. The second kappa shape index (κ2) is 6.38. The van der Waals surface area contributed by atoms with Gasteiger partial charge in [0, 0.05) is 13.2 Å². The van der Waals surface area contributed by atoms with Crippen LogP contribution in [0.5, 0.6) is 0 Å². The lowest BCUT2D eigenvalue weighted by molar-refractivity contribution is -0.0311. The minimum absolute atomic E-state index is 0.313. The van der Waals surface area contributed by atoms with E-state index in [-0.39, 0.29) is 5.60 Å². The smallest absolute Gasteiger partial charge is 0.0771 e. The molecule has 0 unspecified atom stereocenters. The molecule has 3 N–H and O–H groups in total. The molecule has 1 saturated carbocycles. The summed E-state index contributed by atoms with van der Waals surface area (Å²) in [5, 5.41) is 21.6. The number of hydrogen-bond acceptors (Lipinski definition) is 3. The Balaban J connectivity index is 1.80. The van der Waals surface area contributed by atoms with Gasteiger partial charge in [-0.1, -0.05) is 12.8 Å². The van der Waals surface area contributed by atoms with E-state index in [4.69, 9.17) is 5.11 Å². The quantitative estimate of drug-likeness (QED) is 0.514. The zero-order chi connectivity index (χ0) is 10.3. The highest BCUT2D eigenvalue weighted by Crippen LogP contribution is 2.30. The van der Waals surface area contributed by atoms with Crippen molar-refractivity contribution in [3.05, 3.63) is 0 Å². The second-order valence-electron chi connectivity index (χ2n) is 4.39. The summed E-state index contributed by atoms with van der Waals surface area (Å²) in [7, 11) is 0. The fourth-order valence-electron chi connectivity index (χ4n) is 1.80. The molecule has 0 radical (unpaired) electrons. The predicted molar refractivity (Wildman–Crippen MR) is 57.2 cm³/mol. The highest BCUT2D eigenvalue weighted by molar-refractivity contribution is 4.89. The molecule has 0 atom stereocenters. The molecule has 3 nitrogen and oxygen atoms in total. The van der Waals surface area contributed by atoms with E-state index in [2.05, 4.69) is 5.32 Å². The van der Waals surface area contributed by atoms with Gasteiger partial charge in [-0.2, -0.15) is 0 Å². The van der Waals surface area contributed by atoms with Crippen molar-refractivity contribution in [2.24, 2.45) is 0 Å². The highest BCUT2D eigenvalue weighted by Gasteiger charge is 2.33. The first kappa shape index (κ1) is 12.0. The summed E-state index contributed by atoms with van der Waals surface area (Å²) in [4.78, 5) is 0. The van der Waals surface area contributed by atoms with Crippen LogP contribution >= 0.6 is 0 Å². The largest absolute Gasteiger partial charge is 0.396 e. The van der Waals surface area contributed by atoms with Crippen LogP contribution in [0.3, 0.4) is 0 Å². The van der Waals surface area contributed by atoms with Crippen molar-refractivity contribution in [3.8, 4) is 0 Å². The molecule has 1 fully saturated rings. The van der Waals surface area contributed by atoms with E-state index >= 15 is 0 Å². The molecule has 84 valence electrons. The van der Waals surface area contributed by atoms with E-state index in [1.165, 1.54) is 12.8 Å². The molecule has 3 heteroatoms. The standard InChI is InChI=1S/C11H23NO2/c13-9-4-2-1-3-8-12-10-11(14)6-5-7-11/h12-14H,1-10H2. The molecule has 0 aromatic carbocycles. The SMILES string of the molecule is OCCCCCCNCC1(O)CCC1. The van der Waals surface area contributed by atoms with Gasteiger partial charge in [-0.05, 0) is 38.6 Å². The van der Waals surface area contributed by atoms with E-state index in [1.54, 1.807) is 0 Å². The molecule has 14 heavy (non-hydrogen) atoms. The summed E-state index contributed by atoms with van der Waals surface area (Å²) in [5.41, 5.74) is -0.384. The van der Waals surface area contributed by atoms with Gasteiger partial charge in [0.2, 0.25) is 0 Å². The average Bonchev–Trinajstić information content (AvgIpc) is 2.14. The van der Waals surface area contributed by atoms with E-state index in [0.717, 1.165) is 45.2 Å². The Hall–Kier alpha value is -0.120. The van der Waals surface area contributed by atoms with Crippen LogP contribution in [0.25, 0.3) is 0 Å². The molecular formula is C11H23NO2. The van der Waals surface area contributed by atoms with E-state index in [0.29, 0.717) is 6.61 Å². The Morgan fingerprint density at radius 3 is 2.36 bits per heavy atom. The second-order valence-corrected chi connectivity index (χ2v) is 4.39. The Bertz CT molecular complexity index is 146. The summed E-state index contributed by atoms with van der Waals surface area (Å²) < 4.78 is 0. The topological polar surface area (TPSA) is 52.5 Å². The molecule has 0 aromatic rings. The van der Waals surface area contributed by atoms with Crippen LogP contribution < -0.4 is 5.32 Å². The van der Waals surface area contributed by atoms with Crippen LogP contribution in [0.1, 0.15) is 44.9 Å². The number of unbranched alkanes of at least 4 members (excludes halogenated alkanes) is 3. The van der Waals surface area contributed by atoms with Crippen LogP contribution in [0, 0.1) is 0 Å². The minimum atomic E-state index is -0.384. The number of aliphatic hydroxyl groups is 2. The Labute approximate surface area is 86.5 Å². The van der Waals surface area contributed by atoms with Crippen molar-refractivity contribution in [2.45, 2.75) is 50.5 Å². The minimum Gasteiger partial charge on any atom is -0.396 e. The van der Waals surface area contributed by atoms with Gasteiger partial charge in [0.05, 0.1) is 5.60 Å². The maximum absolute atomic E-state index is 9.76. The maximum atomic E-state index is 9.76. The van der Waals surface area contributed by atoms with Crippen molar-refractivity contribution in [2.75, 3.05) is 19.7 Å². The van der Waals surface area contributed by atoms with E-state index < -0.39 is 0 Å². The first-order valence-corrected chi connectivity index (χ1v) is 5.81. The van der Waals surface area contributed by atoms with Crippen molar-refractivity contribution in [1.29, 1.82) is 0 Å². The zero-order valence-electron chi connectivity index (χ0n) is 8.97. The molecule has 0 aliphatic heterocycles. The normalized spacial score (nSPS) is 19.3. The van der Waals surface area contributed by atoms with Crippen LogP contribution in [0.2, 0.25) is 0 Å². The fourth-order valence-corrected chi connectivity index (χ4v) is 1.80. The van der Waals surface area contributed by atoms with E-state index in [9.17, 15) is 5.11 Å². The summed E-state index contributed by atoms with van der Waals surface area (Å²) >= 11 is 0. The van der Waals surface area contributed by atoms with Gasteiger partial charge < -0.3 is 15.5 Å². The van der Waals surface area contributed by atoms with Crippen LogP contribution in [-0.4, -0.2) is 35.5 Å². The third-order valence-electron chi connectivity index (χ3n) is 3.00. The van der Waals surface area contributed by atoms with Gasteiger partial charge in [0.25, 0.3) is 0 Å². The Morgan fingerprint density at radius 1 is 1.07 bits per heavy atom. The van der Waals surface area contributed by atoms with Crippen molar-refractivity contribution >= 4 is 0 Å². The monoisotopic (exact) mass is 201 g/mol. The Morgan fingerprint density at radius 2 is 1.79 bits per heavy atom. The molecule has 0 saturated heterocycles. The molecule has 0 amide bonds. The number of nitrogens with one attached hydrogen (secondary N) is 1. The van der Waals surface area contributed by atoms with Gasteiger partial charge in [-0.3, -0.25) is 0 Å². The van der Waals surface area contributed by atoms with Gasteiger partial charge >= 0.3 is 0 Å². The average molecular weight is 201 g/mol. The van der Waals surface area contributed by atoms with Crippen LogP contribution in [0.15, 0.2) is 0 Å². The molecule has 0 aromatic heterocycles.